The van der Waals surface area contributed by atoms with E-state index in [0.29, 0.717) is 5.56 Å². The lowest BCUT2D eigenvalue weighted by Gasteiger charge is -2.45. The van der Waals surface area contributed by atoms with Crippen molar-refractivity contribution < 1.29 is 6.85 Å². The molecule has 0 saturated heterocycles. The molecule has 0 unspecified atom stereocenters. The molecule has 16 aromatic carbocycles. The van der Waals surface area contributed by atoms with Gasteiger partial charge in [0.2, 0.25) is 0 Å². The van der Waals surface area contributed by atoms with Crippen molar-refractivity contribution in [3.05, 3.63) is 387 Å². The molecule has 2 aliphatic heterocycles. The standard InChI is InChI=1S/C108H88BN5/c1-106(2,3)79-50-56-97-91(63-79)92-64-80(107(4,5)6)51-57-98(92)112(97)87-69-102-104-103(70-87)114(105-89(74-39-23-13-24-40-74)65-81(108(7,8)9)66-90(105)75-41-25-14-26-42-75)101-68-85(111-96-48-32-31-47-88(96)93-67-84(53-58-99(93)111)110(82-43-27-15-28-44-82)83-45-29-16-30-46-83)52-55-95(101)109(104)94-54-49-76(71-33-17-10-18-34-71)62-100(94)113(102)86-60-77(72-35-19-11-20-36-72)59-78(61-86)73-37-21-12-22-38-73/h10-70H,1-9H3/i10D,17D,18D,33D,34D. The van der Waals surface area contributed by atoms with Crippen LogP contribution >= 0.6 is 0 Å². The third-order valence-corrected chi connectivity index (χ3v) is 23.5. The molecule has 0 bridgehead atoms. The molecule has 2 aromatic heterocycles. The molecule has 20 rings (SSSR count). The first-order valence-corrected chi connectivity index (χ1v) is 39.7. The van der Waals surface area contributed by atoms with E-state index in [1.54, 1.807) is 0 Å². The van der Waals surface area contributed by atoms with Gasteiger partial charge in [-0.15, -0.1) is 0 Å². The second-order valence-corrected chi connectivity index (χ2v) is 33.8. The van der Waals surface area contributed by atoms with E-state index in [1.807, 2.05) is 6.07 Å². The average molecular weight is 1470 g/mol. The molecule has 0 N–H and O–H groups in total. The number of fused-ring (bicyclic) bond motifs is 10. The number of anilines is 9. The van der Waals surface area contributed by atoms with Crippen LogP contribution in [-0.2, 0) is 16.2 Å². The predicted octanol–water partition coefficient (Wildman–Crippen LogP) is 27.7. The maximum Gasteiger partial charge on any atom is 0.252 e. The summed E-state index contributed by atoms with van der Waals surface area (Å²) in [6.45, 7) is 20.3. The normalized spacial score (nSPS) is 13.3. The van der Waals surface area contributed by atoms with Crippen molar-refractivity contribution in [3.63, 3.8) is 0 Å². The lowest BCUT2D eigenvalue weighted by Crippen LogP contribution is -2.61. The SMILES string of the molecule is [2H]c1c([2H])c([2H])c(-c2ccc3c(c2)N(c2cc(-c4ccccc4)cc(-c4ccccc4)c2)c2cc(-n4c5ccc(C(C)(C)C)cc5c5cc(C(C)(C)C)ccc54)cc4c2B3c2ccc(-n3c5ccccc5c5cc(N(c6ccccc6)c6ccccc6)ccc53)cc2N4c2c(-c3ccccc3)cc(C(C)(C)C)cc2-c2ccccc2)c([2H])c1[2H]. The van der Waals surface area contributed by atoms with Crippen LogP contribution in [0.2, 0.25) is 0 Å². The molecule has 0 aliphatic carbocycles. The Kier molecular flexibility index (Phi) is 15.3. The fourth-order valence-corrected chi connectivity index (χ4v) is 17.8. The Bertz CT molecular complexity index is 6850. The van der Waals surface area contributed by atoms with Gasteiger partial charge in [0.15, 0.2) is 0 Å². The van der Waals surface area contributed by atoms with E-state index in [-0.39, 0.29) is 33.9 Å². The van der Waals surface area contributed by atoms with E-state index in [4.69, 9.17) is 1.37 Å². The first-order chi connectivity index (χ1) is 57.5. The summed E-state index contributed by atoms with van der Waals surface area (Å²) in [4.78, 5) is 7.42. The van der Waals surface area contributed by atoms with Crippen LogP contribution in [0.4, 0.5) is 51.2 Å². The molecule has 0 fully saturated rings. The highest BCUT2D eigenvalue weighted by atomic mass is 15.2. The first-order valence-electron chi connectivity index (χ1n) is 42.2. The molecular weight excluding hydrogens is 1380 g/mol. The summed E-state index contributed by atoms with van der Waals surface area (Å²) in [6.07, 6.45) is 0. The minimum atomic E-state index is -0.487. The van der Waals surface area contributed by atoms with Crippen LogP contribution in [0.15, 0.2) is 370 Å². The summed E-state index contributed by atoms with van der Waals surface area (Å²) < 4.78 is 51.8. The van der Waals surface area contributed by atoms with Gasteiger partial charge in [-0.2, -0.15) is 0 Å². The number of aromatic nitrogens is 2. The Morgan fingerprint density at radius 1 is 0.272 bits per heavy atom. The summed E-state index contributed by atoms with van der Waals surface area (Å²) in [7, 11) is 0. The van der Waals surface area contributed by atoms with Gasteiger partial charge in [0.25, 0.3) is 6.71 Å². The zero-order valence-electron chi connectivity index (χ0n) is 70.6. The Hall–Kier alpha value is -13.4. The average Bonchev–Trinajstić information content (AvgIpc) is 1.66. The summed E-state index contributed by atoms with van der Waals surface area (Å²) in [6, 6.07) is 123. The fourth-order valence-electron chi connectivity index (χ4n) is 17.8. The van der Waals surface area contributed by atoms with Crippen molar-refractivity contribution in [1.29, 1.82) is 0 Å². The molecule has 548 valence electrons. The molecule has 0 saturated carbocycles. The van der Waals surface area contributed by atoms with Crippen LogP contribution < -0.4 is 31.1 Å². The number of hydrogen-bond acceptors (Lipinski definition) is 3. The molecule has 6 heteroatoms. The highest BCUT2D eigenvalue weighted by Gasteiger charge is 2.46. The maximum absolute atomic E-state index is 9.73. The lowest BCUT2D eigenvalue weighted by molar-refractivity contribution is 0.590. The first kappa shape index (κ1) is 64.3. The van der Waals surface area contributed by atoms with E-state index >= 15 is 0 Å². The number of rotatable bonds is 12. The van der Waals surface area contributed by atoms with Crippen molar-refractivity contribution in [2.24, 2.45) is 0 Å². The number of benzene rings is 16. The van der Waals surface area contributed by atoms with Gasteiger partial charge in [-0.3, -0.25) is 0 Å². The molecule has 114 heavy (non-hydrogen) atoms. The summed E-state index contributed by atoms with van der Waals surface area (Å²) >= 11 is 0. The van der Waals surface area contributed by atoms with Crippen molar-refractivity contribution in [1.82, 2.24) is 9.13 Å². The third-order valence-electron chi connectivity index (χ3n) is 23.5. The van der Waals surface area contributed by atoms with Gasteiger partial charge in [0.1, 0.15) is 0 Å². The second kappa shape index (κ2) is 27.2. The van der Waals surface area contributed by atoms with Gasteiger partial charge in [-0.05, 0) is 227 Å². The molecule has 0 radical (unpaired) electrons. The number of hydrogen-bond donors (Lipinski definition) is 0. The van der Waals surface area contributed by atoms with Gasteiger partial charge in [-0.25, -0.2) is 0 Å². The van der Waals surface area contributed by atoms with Crippen molar-refractivity contribution in [3.8, 4) is 67.0 Å². The lowest BCUT2D eigenvalue weighted by atomic mass is 9.33. The summed E-state index contributed by atoms with van der Waals surface area (Å²) in [5, 5.41) is 4.54. The summed E-state index contributed by atoms with van der Waals surface area (Å²) in [5.74, 6) is 0. The highest BCUT2D eigenvalue weighted by molar-refractivity contribution is 7.00. The maximum atomic E-state index is 9.73. The van der Waals surface area contributed by atoms with E-state index in [2.05, 4.69) is 420 Å². The minimum Gasteiger partial charge on any atom is -0.311 e. The molecule has 5 nitrogen and oxygen atoms in total. The van der Waals surface area contributed by atoms with Gasteiger partial charge in [0.05, 0.1) is 40.3 Å². The third kappa shape index (κ3) is 11.9. The van der Waals surface area contributed by atoms with Crippen LogP contribution in [-0.4, -0.2) is 15.8 Å². The Labute approximate surface area is 676 Å². The molecule has 0 atom stereocenters. The Balaban J connectivity index is 0.968. The molecule has 0 spiro atoms. The number of nitrogens with zero attached hydrogens (tertiary/aromatic N) is 5. The van der Waals surface area contributed by atoms with Crippen molar-refractivity contribution in [2.75, 3.05) is 14.7 Å². The van der Waals surface area contributed by atoms with E-state index in [9.17, 15) is 5.48 Å². The fraction of sp³-hybridized carbons (Fsp3) is 0.111. The predicted molar refractivity (Wildman–Crippen MR) is 487 cm³/mol. The van der Waals surface area contributed by atoms with Gasteiger partial charge >= 0.3 is 0 Å². The Morgan fingerprint density at radius 2 is 0.702 bits per heavy atom. The zero-order valence-corrected chi connectivity index (χ0v) is 65.6. The summed E-state index contributed by atoms with van der Waals surface area (Å²) in [5.41, 5.74) is 30.0. The highest BCUT2D eigenvalue weighted by Crippen LogP contribution is 2.54. The zero-order chi connectivity index (χ0) is 81.7. The second-order valence-electron chi connectivity index (χ2n) is 33.8. The number of para-hydroxylation sites is 3. The van der Waals surface area contributed by atoms with Crippen LogP contribution in [0.5, 0.6) is 0 Å². The largest absolute Gasteiger partial charge is 0.311 e. The minimum absolute atomic E-state index is 0.128. The van der Waals surface area contributed by atoms with E-state index < -0.39 is 24.8 Å². The van der Waals surface area contributed by atoms with Crippen LogP contribution in [0.1, 0.15) is 85.9 Å². The molecule has 2 aliphatic rings. The van der Waals surface area contributed by atoms with Crippen LogP contribution in [0.25, 0.3) is 111 Å². The van der Waals surface area contributed by atoms with Gasteiger partial charge in [-0.1, -0.05) is 299 Å². The monoisotopic (exact) mass is 1470 g/mol. The van der Waals surface area contributed by atoms with Crippen molar-refractivity contribution >= 4 is 118 Å². The van der Waals surface area contributed by atoms with Crippen LogP contribution in [0.3, 0.4) is 0 Å². The molecule has 0 amide bonds. The van der Waals surface area contributed by atoms with E-state index in [1.165, 1.54) is 16.7 Å². The smallest absolute Gasteiger partial charge is 0.252 e. The van der Waals surface area contributed by atoms with Crippen LogP contribution in [0, 0.1) is 0 Å². The topological polar surface area (TPSA) is 19.6 Å². The molecule has 18 aromatic rings. The van der Waals surface area contributed by atoms with Crippen molar-refractivity contribution in [2.45, 2.75) is 78.6 Å². The quantitative estimate of drug-likeness (QED) is 0.114. The van der Waals surface area contributed by atoms with Gasteiger partial charge in [0, 0.05) is 83.9 Å². The molecule has 4 heterocycles. The Morgan fingerprint density at radius 3 is 1.23 bits per heavy atom. The van der Waals surface area contributed by atoms with Gasteiger partial charge < -0.3 is 23.8 Å². The molecular formula is C108H88BN5. The van der Waals surface area contributed by atoms with E-state index in [0.717, 1.165) is 167 Å².